The van der Waals surface area contributed by atoms with Gasteiger partial charge in [-0.15, -0.1) is 0 Å². The van der Waals surface area contributed by atoms with Crippen molar-refractivity contribution in [3.8, 4) is 0 Å². The third kappa shape index (κ3) is 2.41. The molecule has 0 spiro atoms. The van der Waals surface area contributed by atoms with E-state index in [0.717, 1.165) is 17.8 Å². The molecule has 2 unspecified atom stereocenters. The van der Waals surface area contributed by atoms with Crippen LogP contribution in [0.25, 0.3) is 0 Å². The summed E-state index contributed by atoms with van der Waals surface area (Å²) >= 11 is 0. The average molecular weight is 273 g/mol. The second kappa shape index (κ2) is 5.25. The van der Waals surface area contributed by atoms with E-state index in [1.807, 2.05) is 29.2 Å². The summed E-state index contributed by atoms with van der Waals surface area (Å²) in [6.07, 6.45) is 1.04. The summed E-state index contributed by atoms with van der Waals surface area (Å²) in [5.41, 5.74) is 2.07. The summed E-state index contributed by atoms with van der Waals surface area (Å²) in [4.78, 5) is 25.8. The molecule has 2 aliphatic heterocycles. The molecule has 1 fully saturated rings. The highest BCUT2D eigenvalue weighted by molar-refractivity contribution is 6.01. The summed E-state index contributed by atoms with van der Waals surface area (Å²) in [7, 11) is 0. The van der Waals surface area contributed by atoms with E-state index in [0.29, 0.717) is 19.4 Å². The number of amides is 2. The maximum atomic E-state index is 12.7. The van der Waals surface area contributed by atoms with Crippen LogP contribution in [0, 0.1) is 0 Å². The molecule has 1 aromatic rings. The van der Waals surface area contributed by atoms with Crippen molar-refractivity contribution in [2.45, 2.75) is 38.4 Å². The van der Waals surface area contributed by atoms with Crippen LogP contribution in [0.4, 0.5) is 5.69 Å². The first-order chi connectivity index (χ1) is 9.65. The molecule has 2 amide bonds. The summed E-state index contributed by atoms with van der Waals surface area (Å²) in [5.74, 6) is -0.0310. The lowest BCUT2D eigenvalue weighted by Crippen LogP contribution is -2.48. The fraction of sp³-hybridized carbons (Fsp3) is 0.467. The molecule has 5 heteroatoms. The highest BCUT2D eigenvalue weighted by Gasteiger charge is 2.33. The fourth-order valence-electron chi connectivity index (χ4n) is 2.84. The minimum atomic E-state index is -0.374. The molecule has 0 aliphatic carbocycles. The van der Waals surface area contributed by atoms with Crippen molar-refractivity contribution < 1.29 is 9.59 Å². The molecule has 2 aliphatic rings. The number of rotatable bonds is 1. The maximum absolute atomic E-state index is 12.7. The van der Waals surface area contributed by atoms with Crippen LogP contribution in [0.3, 0.4) is 0 Å². The van der Waals surface area contributed by atoms with Gasteiger partial charge in [0.15, 0.2) is 0 Å². The number of para-hydroxylation sites is 1. The first-order valence-electron chi connectivity index (χ1n) is 7.07. The normalized spacial score (nSPS) is 25.9. The van der Waals surface area contributed by atoms with Crippen LogP contribution in [-0.4, -0.2) is 30.4 Å². The molecule has 106 valence electrons. The van der Waals surface area contributed by atoms with Gasteiger partial charge in [0.25, 0.3) is 0 Å². The SMILES string of the molecule is CC1CN(C(=O)C2CCC(=O)N2)c2ccccc2CN1. The van der Waals surface area contributed by atoms with Gasteiger partial charge in [-0.2, -0.15) is 0 Å². The van der Waals surface area contributed by atoms with E-state index in [4.69, 9.17) is 0 Å². The van der Waals surface area contributed by atoms with E-state index in [9.17, 15) is 9.59 Å². The highest BCUT2D eigenvalue weighted by atomic mass is 16.2. The van der Waals surface area contributed by atoms with E-state index in [2.05, 4.69) is 17.6 Å². The Bertz CT molecular complexity index is 544. The fourth-order valence-corrected chi connectivity index (χ4v) is 2.84. The molecule has 3 rings (SSSR count). The van der Waals surface area contributed by atoms with Gasteiger partial charge in [0, 0.05) is 31.2 Å². The van der Waals surface area contributed by atoms with Crippen LogP contribution >= 0.6 is 0 Å². The molecule has 0 radical (unpaired) electrons. The Morgan fingerprint density at radius 1 is 1.35 bits per heavy atom. The molecule has 20 heavy (non-hydrogen) atoms. The van der Waals surface area contributed by atoms with Gasteiger partial charge in [-0.3, -0.25) is 9.59 Å². The third-order valence-corrected chi connectivity index (χ3v) is 3.94. The third-order valence-electron chi connectivity index (χ3n) is 3.94. The van der Waals surface area contributed by atoms with Gasteiger partial charge in [-0.25, -0.2) is 0 Å². The minimum Gasteiger partial charge on any atom is -0.344 e. The van der Waals surface area contributed by atoms with Crippen molar-refractivity contribution in [2.75, 3.05) is 11.4 Å². The number of hydrogen-bond acceptors (Lipinski definition) is 3. The van der Waals surface area contributed by atoms with Gasteiger partial charge in [0.05, 0.1) is 0 Å². The Labute approximate surface area is 118 Å². The number of nitrogens with zero attached hydrogens (tertiary/aromatic N) is 1. The first-order valence-corrected chi connectivity index (χ1v) is 7.07. The molecule has 1 saturated heterocycles. The molecule has 5 nitrogen and oxygen atoms in total. The van der Waals surface area contributed by atoms with Gasteiger partial charge in [-0.05, 0) is 25.0 Å². The molecule has 1 aromatic carbocycles. The zero-order valence-electron chi connectivity index (χ0n) is 11.6. The van der Waals surface area contributed by atoms with Crippen LogP contribution in [0.5, 0.6) is 0 Å². The molecule has 0 bridgehead atoms. The Morgan fingerprint density at radius 3 is 2.90 bits per heavy atom. The van der Waals surface area contributed by atoms with Crippen LogP contribution in [0.15, 0.2) is 24.3 Å². The predicted molar refractivity (Wildman–Crippen MR) is 76.3 cm³/mol. The maximum Gasteiger partial charge on any atom is 0.249 e. The zero-order valence-corrected chi connectivity index (χ0v) is 11.6. The molecule has 0 aromatic heterocycles. The molecular formula is C15H19N3O2. The Morgan fingerprint density at radius 2 is 2.15 bits per heavy atom. The largest absolute Gasteiger partial charge is 0.344 e. The van der Waals surface area contributed by atoms with Gasteiger partial charge < -0.3 is 15.5 Å². The van der Waals surface area contributed by atoms with Crippen molar-refractivity contribution >= 4 is 17.5 Å². The number of hydrogen-bond donors (Lipinski definition) is 2. The number of benzene rings is 1. The zero-order chi connectivity index (χ0) is 14.1. The number of carbonyl (C=O) groups excluding carboxylic acids is 2. The van der Waals surface area contributed by atoms with Crippen molar-refractivity contribution in [2.24, 2.45) is 0 Å². The number of anilines is 1. The summed E-state index contributed by atoms with van der Waals surface area (Å²) in [5, 5.41) is 6.17. The standard InChI is InChI=1S/C15H19N3O2/c1-10-9-18(15(20)12-6-7-14(19)17-12)13-5-3-2-4-11(13)8-16-10/h2-5,10,12,16H,6-9H2,1H3,(H,17,19). The second-order valence-corrected chi connectivity index (χ2v) is 5.52. The molecule has 2 heterocycles. The Kier molecular flexibility index (Phi) is 3.44. The average Bonchev–Trinajstić information content (AvgIpc) is 2.81. The predicted octanol–water partition coefficient (Wildman–Crippen LogP) is 0.790. The van der Waals surface area contributed by atoms with Crippen molar-refractivity contribution in [1.29, 1.82) is 0 Å². The topological polar surface area (TPSA) is 61.4 Å². The first kappa shape index (κ1) is 13.1. The lowest BCUT2D eigenvalue weighted by atomic mass is 10.1. The van der Waals surface area contributed by atoms with E-state index >= 15 is 0 Å². The molecular weight excluding hydrogens is 254 g/mol. The lowest BCUT2D eigenvalue weighted by molar-refractivity contribution is -0.124. The summed E-state index contributed by atoms with van der Waals surface area (Å²) in [6.45, 7) is 3.46. The van der Waals surface area contributed by atoms with E-state index in [-0.39, 0.29) is 23.9 Å². The van der Waals surface area contributed by atoms with Crippen molar-refractivity contribution in [1.82, 2.24) is 10.6 Å². The summed E-state index contributed by atoms with van der Waals surface area (Å²) in [6, 6.07) is 7.79. The van der Waals surface area contributed by atoms with E-state index in [1.54, 1.807) is 0 Å². The Hall–Kier alpha value is -1.88. The van der Waals surface area contributed by atoms with Crippen LogP contribution in [-0.2, 0) is 16.1 Å². The van der Waals surface area contributed by atoms with Gasteiger partial charge in [0.1, 0.15) is 6.04 Å². The van der Waals surface area contributed by atoms with Gasteiger partial charge >= 0.3 is 0 Å². The van der Waals surface area contributed by atoms with Crippen molar-refractivity contribution in [3.63, 3.8) is 0 Å². The second-order valence-electron chi connectivity index (χ2n) is 5.52. The monoisotopic (exact) mass is 273 g/mol. The van der Waals surface area contributed by atoms with Crippen LogP contribution in [0.1, 0.15) is 25.3 Å². The number of fused-ring (bicyclic) bond motifs is 1. The minimum absolute atomic E-state index is 0.00106. The number of nitrogens with one attached hydrogen (secondary N) is 2. The Balaban J connectivity index is 1.90. The number of carbonyl (C=O) groups is 2. The van der Waals surface area contributed by atoms with Crippen LogP contribution in [0.2, 0.25) is 0 Å². The van der Waals surface area contributed by atoms with E-state index in [1.165, 1.54) is 0 Å². The molecule has 2 N–H and O–H groups in total. The van der Waals surface area contributed by atoms with E-state index < -0.39 is 0 Å². The quantitative estimate of drug-likeness (QED) is 0.795. The summed E-state index contributed by atoms with van der Waals surface area (Å²) < 4.78 is 0. The molecule has 2 atom stereocenters. The highest BCUT2D eigenvalue weighted by Crippen LogP contribution is 2.25. The van der Waals surface area contributed by atoms with Gasteiger partial charge in [0.2, 0.25) is 11.8 Å². The van der Waals surface area contributed by atoms with Crippen molar-refractivity contribution in [3.05, 3.63) is 29.8 Å². The smallest absolute Gasteiger partial charge is 0.249 e. The van der Waals surface area contributed by atoms with Crippen LogP contribution < -0.4 is 15.5 Å². The lowest BCUT2D eigenvalue weighted by Gasteiger charge is -2.27. The van der Waals surface area contributed by atoms with Gasteiger partial charge in [-0.1, -0.05) is 18.2 Å². The molecule has 0 saturated carbocycles.